The van der Waals surface area contributed by atoms with Gasteiger partial charge in [-0.3, -0.25) is 0 Å². The third-order valence-corrected chi connectivity index (χ3v) is 2.45. The Balaban J connectivity index is 2.76. The molecule has 2 aromatic rings. The Morgan fingerprint density at radius 3 is 3.00 bits per heavy atom. The molecule has 0 bridgehead atoms. The first-order chi connectivity index (χ1) is 7.15. The fraction of sp³-hybridized carbons (Fsp3) is 0.100. The average molecular weight is 226 g/mol. The number of halogens is 1. The highest BCUT2D eigenvalue weighted by molar-refractivity contribution is 6.36. The number of nitrogens with two attached hydrogens (primary N) is 1. The second-order valence-electron chi connectivity index (χ2n) is 2.97. The van der Waals surface area contributed by atoms with Gasteiger partial charge in [-0.05, 0) is 12.1 Å². The van der Waals surface area contributed by atoms with Crippen molar-refractivity contribution in [1.82, 2.24) is 0 Å². The maximum atomic E-state index is 11.3. The molecule has 2 rings (SSSR count). The van der Waals surface area contributed by atoms with Gasteiger partial charge in [0.2, 0.25) is 0 Å². The number of esters is 1. The topological polar surface area (TPSA) is 65.5 Å². The number of fused-ring (bicyclic) bond motifs is 1. The minimum atomic E-state index is -0.535. The number of furan rings is 1. The average Bonchev–Trinajstić information content (AvgIpc) is 2.71. The molecule has 78 valence electrons. The number of ether oxygens (including phenoxy) is 1. The van der Waals surface area contributed by atoms with Gasteiger partial charge in [0.15, 0.2) is 5.58 Å². The number of hydrogen-bond donors (Lipinski definition) is 1. The molecule has 0 unspecified atom stereocenters. The van der Waals surface area contributed by atoms with E-state index in [1.165, 1.54) is 19.4 Å². The summed E-state index contributed by atoms with van der Waals surface area (Å²) in [5, 5.41) is 1.09. The molecule has 5 heteroatoms. The van der Waals surface area contributed by atoms with Crippen molar-refractivity contribution in [2.45, 2.75) is 0 Å². The summed E-state index contributed by atoms with van der Waals surface area (Å²) in [7, 11) is 1.28. The normalized spacial score (nSPS) is 10.5. The zero-order valence-corrected chi connectivity index (χ0v) is 8.67. The van der Waals surface area contributed by atoms with Crippen molar-refractivity contribution in [3.63, 3.8) is 0 Å². The molecule has 0 aliphatic rings. The molecule has 0 aliphatic heterocycles. The molecule has 0 fully saturated rings. The highest BCUT2D eigenvalue weighted by atomic mass is 35.5. The summed E-state index contributed by atoms with van der Waals surface area (Å²) >= 11 is 5.95. The van der Waals surface area contributed by atoms with Gasteiger partial charge in [0.05, 0.1) is 29.6 Å². The molecule has 0 atom stereocenters. The van der Waals surface area contributed by atoms with E-state index >= 15 is 0 Å². The maximum absolute atomic E-state index is 11.3. The first-order valence-electron chi connectivity index (χ1n) is 4.18. The van der Waals surface area contributed by atoms with Gasteiger partial charge in [0, 0.05) is 5.39 Å². The van der Waals surface area contributed by atoms with Crippen molar-refractivity contribution < 1.29 is 13.9 Å². The molecule has 1 aromatic heterocycles. The minimum absolute atomic E-state index is 0.213. The van der Waals surface area contributed by atoms with E-state index in [0.717, 1.165) is 0 Å². The zero-order chi connectivity index (χ0) is 11.0. The molecule has 0 radical (unpaired) electrons. The fourth-order valence-electron chi connectivity index (χ4n) is 1.39. The summed E-state index contributed by atoms with van der Waals surface area (Å²) in [4.78, 5) is 11.3. The van der Waals surface area contributed by atoms with Crippen LogP contribution in [0, 0.1) is 0 Å². The van der Waals surface area contributed by atoms with Crippen LogP contribution in [0.4, 0.5) is 5.69 Å². The standard InChI is InChI=1S/C10H8ClNO3/c1-14-10(13)6-4-7(11)5-2-3-15-9(5)8(6)12/h2-4H,12H2,1H3. The summed E-state index contributed by atoms with van der Waals surface area (Å²) in [5.74, 6) is -0.535. The van der Waals surface area contributed by atoms with Gasteiger partial charge in [0.25, 0.3) is 0 Å². The Kier molecular flexibility index (Phi) is 2.28. The second kappa shape index (κ2) is 3.47. The summed E-state index contributed by atoms with van der Waals surface area (Å²) in [6, 6.07) is 3.16. The smallest absolute Gasteiger partial charge is 0.340 e. The lowest BCUT2D eigenvalue weighted by molar-refractivity contribution is 0.0602. The summed E-state index contributed by atoms with van der Waals surface area (Å²) in [6.45, 7) is 0. The Labute approximate surface area is 90.6 Å². The van der Waals surface area contributed by atoms with Gasteiger partial charge < -0.3 is 14.9 Å². The molecular formula is C10H8ClNO3. The highest BCUT2D eigenvalue weighted by Gasteiger charge is 2.17. The lowest BCUT2D eigenvalue weighted by Gasteiger charge is -2.05. The maximum Gasteiger partial charge on any atom is 0.340 e. The number of nitrogen functional groups attached to an aromatic ring is 1. The van der Waals surface area contributed by atoms with Crippen molar-refractivity contribution in [3.8, 4) is 0 Å². The number of carbonyl (C=O) groups is 1. The number of anilines is 1. The largest absolute Gasteiger partial charge is 0.465 e. The van der Waals surface area contributed by atoms with Crippen LogP contribution in [0.3, 0.4) is 0 Å². The van der Waals surface area contributed by atoms with Crippen molar-refractivity contribution in [2.24, 2.45) is 0 Å². The number of methoxy groups -OCH3 is 1. The highest BCUT2D eigenvalue weighted by Crippen LogP contribution is 2.32. The third kappa shape index (κ3) is 1.43. The molecular weight excluding hydrogens is 218 g/mol. The van der Waals surface area contributed by atoms with Crippen LogP contribution in [0.5, 0.6) is 0 Å². The zero-order valence-electron chi connectivity index (χ0n) is 7.91. The number of rotatable bonds is 1. The van der Waals surface area contributed by atoms with Crippen LogP contribution >= 0.6 is 11.6 Å². The van der Waals surface area contributed by atoms with Crippen LogP contribution in [0.25, 0.3) is 11.0 Å². The van der Waals surface area contributed by atoms with Crippen LogP contribution in [0.1, 0.15) is 10.4 Å². The number of hydrogen-bond acceptors (Lipinski definition) is 4. The lowest BCUT2D eigenvalue weighted by atomic mass is 10.1. The molecule has 0 spiro atoms. The van der Waals surface area contributed by atoms with Gasteiger partial charge in [0.1, 0.15) is 0 Å². The van der Waals surface area contributed by atoms with Crippen LogP contribution in [-0.2, 0) is 4.74 Å². The van der Waals surface area contributed by atoms with E-state index in [4.69, 9.17) is 21.8 Å². The molecule has 0 aliphatic carbocycles. The van der Waals surface area contributed by atoms with E-state index in [9.17, 15) is 4.79 Å². The molecule has 1 heterocycles. The molecule has 1 aromatic carbocycles. The number of carbonyl (C=O) groups excluding carboxylic acids is 1. The molecule has 2 N–H and O–H groups in total. The van der Waals surface area contributed by atoms with E-state index in [0.29, 0.717) is 16.0 Å². The Hall–Kier alpha value is -1.68. The van der Waals surface area contributed by atoms with Crippen molar-refractivity contribution in [3.05, 3.63) is 29.0 Å². The van der Waals surface area contributed by atoms with Crippen molar-refractivity contribution in [1.29, 1.82) is 0 Å². The molecule has 4 nitrogen and oxygen atoms in total. The van der Waals surface area contributed by atoms with Gasteiger partial charge in [-0.15, -0.1) is 0 Å². The van der Waals surface area contributed by atoms with E-state index in [-0.39, 0.29) is 11.3 Å². The summed E-state index contributed by atoms with van der Waals surface area (Å²) in [6.07, 6.45) is 1.47. The monoisotopic (exact) mass is 225 g/mol. The van der Waals surface area contributed by atoms with E-state index < -0.39 is 5.97 Å². The van der Waals surface area contributed by atoms with Gasteiger partial charge in [-0.25, -0.2) is 4.79 Å². The van der Waals surface area contributed by atoms with Crippen LogP contribution < -0.4 is 5.73 Å². The Morgan fingerprint density at radius 2 is 2.33 bits per heavy atom. The van der Waals surface area contributed by atoms with Crippen molar-refractivity contribution >= 4 is 34.2 Å². The lowest BCUT2D eigenvalue weighted by Crippen LogP contribution is -2.05. The summed E-state index contributed by atoms with van der Waals surface area (Å²) < 4.78 is 9.73. The quantitative estimate of drug-likeness (QED) is 0.598. The van der Waals surface area contributed by atoms with E-state index in [2.05, 4.69) is 4.74 Å². The van der Waals surface area contributed by atoms with Crippen LogP contribution in [0.15, 0.2) is 22.8 Å². The molecule has 0 saturated heterocycles. The van der Waals surface area contributed by atoms with Crippen LogP contribution in [0.2, 0.25) is 5.02 Å². The minimum Gasteiger partial charge on any atom is -0.465 e. The third-order valence-electron chi connectivity index (χ3n) is 2.13. The SMILES string of the molecule is COC(=O)c1cc(Cl)c2ccoc2c1N. The first kappa shape index (κ1) is 9.86. The van der Waals surface area contributed by atoms with Gasteiger partial charge >= 0.3 is 5.97 Å². The Bertz CT molecular complexity index is 533. The van der Waals surface area contributed by atoms with Crippen molar-refractivity contribution in [2.75, 3.05) is 12.8 Å². The second-order valence-corrected chi connectivity index (χ2v) is 3.38. The molecule has 0 amide bonds. The Morgan fingerprint density at radius 1 is 1.60 bits per heavy atom. The fourth-order valence-corrected chi connectivity index (χ4v) is 1.65. The first-order valence-corrected chi connectivity index (χ1v) is 4.56. The van der Waals surface area contributed by atoms with E-state index in [1.54, 1.807) is 6.07 Å². The van der Waals surface area contributed by atoms with Crippen LogP contribution in [-0.4, -0.2) is 13.1 Å². The predicted octanol–water partition coefficient (Wildman–Crippen LogP) is 2.46. The number of benzene rings is 1. The van der Waals surface area contributed by atoms with Gasteiger partial charge in [-0.2, -0.15) is 0 Å². The predicted molar refractivity (Wildman–Crippen MR) is 57.0 cm³/mol. The molecule has 15 heavy (non-hydrogen) atoms. The van der Waals surface area contributed by atoms with E-state index in [1.807, 2.05) is 0 Å². The summed E-state index contributed by atoms with van der Waals surface area (Å²) in [5.41, 5.74) is 6.62. The molecule has 0 saturated carbocycles. The van der Waals surface area contributed by atoms with Gasteiger partial charge in [-0.1, -0.05) is 11.6 Å².